The summed E-state index contributed by atoms with van der Waals surface area (Å²) in [5.74, 6) is 0.174. The second kappa shape index (κ2) is 9.13. The Balaban J connectivity index is 1.78. The summed E-state index contributed by atoms with van der Waals surface area (Å²) in [5.41, 5.74) is 5.43. The molecule has 0 aliphatic heterocycles. The summed E-state index contributed by atoms with van der Waals surface area (Å²) in [5, 5.41) is 2.12. The van der Waals surface area contributed by atoms with E-state index >= 15 is 0 Å². The van der Waals surface area contributed by atoms with Gasteiger partial charge in [0.05, 0.1) is 11.4 Å². The number of halogens is 2. The lowest BCUT2D eigenvalue weighted by Crippen LogP contribution is -2.23. The van der Waals surface area contributed by atoms with Crippen molar-refractivity contribution in [2.75, 3.05) is 0 Å². The molecule has 1 aromatic heterocycles. The lowest BCUT2D eigenvalue weighted by atomic mass is 9.95. The average Bonchev–Trinajstić information content (AvgIpc) is 3.11. The lowest BCUT2D eigenvalue weighted by molar-refractivity contribution is -0.0498. The van der Waals surface area contributed by atoms with Gasteiger partial charge in [-0.1, -0.05) is 25.3 Å². The summed E-state index contributed by atoms with van der Waals surface area (Å²) < 4.78 is 31.8. The van der Waals surface area contributed by atoms with Crippen LogP contribution in [0.2, 0.25) is 0 Å². The molecule has 0 saturated heterocycles. The Bertz CT molecular complexity index is 1040. The lowest BCUT2D eigenvalue weighted by Gasteiger charge is -2.25. The van der Waals surface area contributed by atoms with Crippen molar-refractivity contribution < 1.29 is 13.5 Å². The number of aromatic nitrogens is 1. The van der Waals surface area contributed by atoms with Crippen LogP contribution < -0.4 is 9.54 Å². The quantitative estimate of drug-likeness (QED) is 0.423. The van der Waals surface area contributed by atoms with E-state index in [9.17, 15) is 8.78 Å². The number of alkyl halides is 2. The molecule has 1 saturated carbocycles. The van der Waals surface area contributed by atoms with Gasteiger partial charge in [0, 0.05) is 11.4 Å². The summed E-state index contributed by atoms with van der Waals surface area (Å²) >= 11 is 1.63. The van der Waals surface area contributed by atoms with Crippen molar-refractivity contribution in [3.8, 4) is 17.0 Å². The monoisotopic (exact) mass is 428 g/mol. The third-order valence-corrected chi connectivity index (χ3v) is 6.33. The van der Waals surface area contributed by atoms with Gasteiger partial charge in [0.1, 0.15) is 5.75 Å². The normalized spacial score (nSPS) is 15.7. The van der Waals surface area contributed by atoms with Crippen LogP contribution in [-0.4, -0.2) is 11.2 Å². The zero-order chi connectivity index (χ0) is 21.1. The van der Waals surface area contributed by atoms with E-state index in [1.807, 2.05) is 12.1 Å². The van der Waals surface area contributed by atoms with E-state index in [1.54, 1.807) is 23.5 Å². The first-order valence-corrected chi connectivity index (χ1v) is 11.3. The number of thiazole rings is 1. The van der Waals surface area contributed by atoms with E-state index in [4.69, 9.17) is 4.99 Å². The van der Waals surface area contributed by atoms with Gasteiger partial charge in [-0.15, -0.1) is 11.3 Å². The Morgan fingerprint density at radius 1 is 1.00 bits per heavy atom. The first kappa shape index (κ1) is 20.8. The standard InChI is InChI=1S/C24H26F2N2OS/c1-16-12-17(2)14-19(13-16)27-24-28(20-6-4-3-5-7-20)22(15-30-24)18-8-10-21(11-9-18)29-23(25)26/h8-15,20,23H,3-7H2,1-2H3. The first-order chi connectivity index (χ1) is 14.5. The van der Waals surface area contributed by atoms with Gasteiger partial charge in [0.2, 0.25) is 0 Å². The predicted octanol–water partition coefficient (Wildman–Crippen LogP) is 7.17. The molecule has 1 heterocycles. The molecular weight excluding hydrogens is 402 g/mol. The largest absolute Gasteiger partial charge is 0.435 e. The molecule has 6 heteroatoms. The van der Waals surface area contributed by atoms with Crippen LogP contribution >= 0.6 is 11.3 Å². The molecule has 3 nitrogen and oxygen atoms in total. The molecule has 0 unspecified atom stereocenters. The second-order valence-corrected chi connectivity index (χ2v) is 8.76. The summed E-state index contributed by atoms with van der Waals surface area (Å²) in [6, 6.07) is 13.7. The second-order valence-electron chi connectivity index (χ2n) is 7.93. The number of hydrogen-bond donors (Lipinski definition) is 0. The van der Waals surface area contributed by atoms with Crippen molar-refractivity contribution in [3.05, 3.63) is 63.8 Å². The number of aryl methyl sites for hydroxylation is 2. The molecule has 4 rings (SSSR count). The molecule has 158 valence electrons. The van der Waals surface area contributed by atoms with Gasteiger partial charge in [-0.2, -0.15) is 8.78 Å². The summed E-state index contributed by atoms with van der Waals surface area (Å²) in [6.07, 6.45) is 5.99. The van der Waals surface area contributed by atoms with Crippen LogP contribution in [0.15, 0.2) is 52.8 Å². The molecule has 1 aliphatic carbocycles. The van der Waals surface area contributed by atoms with Crippen LogP contribution in [0, 0.1) is 13.8 Å². The molecular formula is C24H26F2N2OS. The van der Waals surface area contributed by atoms with Gasteiger partial charge in [0.25, 0.3) is 0 Å². The Labute approximate surface area is 179 Å². The van der Waals surface area contributed by atoms with Crippen LogP contribution in [-0.2, 0) is 0 Å². The maximum atomic E-state index is 12.5. The van der Waals surface area contributed by atoms with Crippen LogP contribution in [0.25, 0.3) is 11.3 Å². The van der Waals surface area contributed by atoms with Crippen LogP contribution in [0.4, 0.5) is 14.5 Å². The zero-order valence-electron chi connectivity index (χ0n) is 17.3. The zero-order valence-corrected chi connectivity index (χ0v) is 18.1. The van der Waals surface area contributed by atoms with Crippen LogP contribution in [0.5, 0.6) is 5.75 Å². The molecule has 0 atom stereocenters. The number of ether oxygens (including phenoxy) is 1. The van der Waals surface area contributed by atoms with Gasteiger partial charge in [-0.05, 0) is 79.8 Å². The highest BCUT2D eigenvalue weighted by molar-refractivity contribution is 7.07. The summed E-state index contributed by atoms with van der Waals surface area (Å²) in [7, 11) is 0. The molecule has 0 bridgehead atoms. The van der Waals surface area contributed by atoms with Crippen molar-refractivity contribution in [2.24, 2.45) is 4.99 Å². The van der Waals surface area contributed by atoms with Crippen molar-refractivity contribution in [2.45, 2.75) is 58.6 Å². The van der Waals surface area contributed by atoms with Gasteiger partial charge in [-0.25, -0.2) is 4.99 Å². The summed E-state index contributed by atoms with van der Waals surface area (Å²) in [6.45, 7) is 1.36. The van der Waals surface area contributed by atoms with E-state index in [-0.39, 0.29) is 5.75 Å². The van der Waals surface area contributed by atoms with E-state index in [0.29, 0.717) is 6.04 Å². The number of hydrogen-bond acceptors (Lipinski definition) is 3. The van der Waals surface area contributed by atoms with Crippen molar-refractivity contribution in [1.82, 2.24) is 4.57 Å². The fourth-order valence-electron chi connectivity index (χ4n) is 4.24. The Morgan fingerprint density at radius 3 is 2.30 bits per heavy atom. The van der Waals surface area contributed by atoms with Crippen LogP contribution in [0.3, 0.4) is 0 Å². The molecule has 1 aliphatic rings. The smallest absolute Gasteiger partial charge is 0.387 e. The van der Waals surface area contributed by atoms with Crippen molar-refractivity contribution in [3.63, 3.8) is 0 Å². The fourth-order valence-corrected chi connectivity index (χ4v) is 5.22. The highest BCUT2D eigenvalue weighted by Gasteiger charge is 2.20. The van der Waals surface area contributed by atoms with E-state index in [1.165, 1.54) is 30.4 Å². The van der Waals surface area contributed by atoms with Gasteiger partial charge in [-0.3, -0.25) is 0 Å². The van der Waals surface area contributed by atoms with E-state index < -0.39 is 6.61 Å². The number of nitrogens with zero attached hydrogens (tertiary/aromatic N) is 2. The molecule has 3 aromatic rings. The maximum absolute atomic E-state index is 12.5. The molecule has 1 fully saturated rings. The Morgan fingerprint density at radius 2 is 1.67 bits per heavy atom. The van der Waals surface area contributed by atoms with E-state index in [2.05, 4.69) is 46.7 Å². The fraction of sp³-hybridized carbons (Fsp3) is 0.375. The predicted molar refractivity (Wildman–Crippen MR) is 118 cm³/mol. The third-order valence-electron chi connectivity index (χ3n) is 5.49. The summed E-state index contributed by atoms with van der Waals surface area (Å²) in [4.78, 5) is 5.98. The topological polar surface area (TPSA) is 26.5 Å². The third kappa shape index (κ3) is 4.81. The molecule has 0 radical (unpaired) electrons. The first-order valence-electron chi connectivity index (χ1n) is 10.4. The van der Waals surface area contributed by atoms with Gasteiger partial charge in [0.15, 0.2) is 4.80 Å². The highest BCUT2D eigenvalue weighted by Crippen LogP contribution is 2.33. The van der Waals surface area contributed by atoms with Crippen molar-refractivity contribution in [1.29, 1.82) is 0 Å². The van der Waals surface area contributed by atoms with Crippen LogP contribution in [0.1, 0.15) is 49.3 Å². The van der Waals surface area contributed by atoms with Crippen molar-refractivity contribution >= 4 is 17.0 Å². The molecule has 0 N–H and O–H groups in total. The minimum atomic E-state index is -2.81. The Hall–Kier alpha value is -2.47. The Kier molecular flexibility index (Phi) is 6.32. The molecule has 0 amide bonds. The number of benzene rings is 2. The maximum Gasteiger partial charge on any atom is 0.387 e. The van der Waals surface area contributed by atoms with Gasteiger partial charge < -0.3 is 9.30 Å². The minimum Gasteiger partial charge on any atom is -0.435 e. The number of rotatable bonds is 5. The molecule has 30 heavy (non-hydrogen) atoms. The van der Waals surface area contributed by atoms with E-state index in [0.717, 1.165) is 34.6 Å². The van der Waals surface area contributed by atoms with Gasteiger partial charge >= 0.3 is 6.61 Å². The minimum absolute atomic E-state index is 0.174. The highest BCUT2D eigenvalue weighted by atomic mass is 32.1. The SMILES string of the molecule is Cc1cc(C)cc(N=c2scc(-c3ccc(OC(F)F)cc3)n2C2CCCCC2)c1. The molecule has 0 spiro atoms. The average molecular weight is 429 g/mol. The molecule has 2 aromatic carbocycles.